The Kier molecular flexibility index (Phi) is 3.40. The third-order valence-electron chi connectivity index (χ3n) is 2.31. The zero-order chi connectivity index (χ0) is 12.1. The highest BCUT2D eigenvalue weighted by molar-refractivity contribution is 7.94. The fourth-order valence-electron chi connectivity index (χ4n) is 1.42. The van der Waals surface area contributed by atoms with E-state index in [1.807, 2.05) is 30.3 Å². The van der Waals surface area contributed by atoms with E-state index in [1.165, 1.54) is 5.41 Å². The van der Waals surface area contributed by atoms with Gasteiger partial charge in [0.25, 0.3) is 0 Å². The monoisotopic (exact) mass is 244 g/mol. The van der Waals surface area contributed by atoms with Crippen LogP contribution >= 0.6 is 0 Å². The van der Waals surface area contributed by atoms with E-state index >= 15 is 0 Å². The molecule has 0 bridgehead atoms. The summed E-state index contributed by atoms with van der Waals surface area (Å²) in [6, 6.07) is 17.7. The maximum Gasteiger partial charge on any atom is 0.199 e. The van der Waals surface area contributed by atoms with Crippen LogP contribution in [0.4, 0.5) is 0 Å². The predicted molar refractivity (Wildman–Crippen MR) is 69.1 cm³/mol. The summed E-state index contributed by atoms with van der Waals surface area (Å²) >= 11 is 0. The summed E-state index contributed by atoms with van der Waals surface area (Å²) in [5.74, 6) is 0. The van der Waals surface area contributed by atoms with Gasteiger partial charge in [0.1, 0.15) is 0 Å². The van der Waals surface area contributed by atoms with Crippen molar-refractivity contribution in [3.63, 3.8) is 0 Å². The first kappa shape index (κ1) is 11.6. The van der Waals surface area contributed by atoms with Gasteiger partial charge in [-0.05, 0) is 23.8 Å². The molecular formula is C14H12O2S. The van der Waals surface area contributed by atoms with Gasteiger partial charge in [-0.2, -0.15) is 0 Å². The largest absolute Gasteiger partial charge is 0.219 e. The number of sulfone groups is 1. The second kappa shape index (κ2) is 4.97. The number of hydrogen-bond acceptors (Lipinski definition) is 2. The van der Waals surface area contributed by atoms with E-state index < -0.39 is 9.84 Å². The SMILES string of the molecule is O=S(=O)(C=Cc1ccccc1)c1ccccc1. The Morgan fingerprint density at radius 1 is 0.765 bits per heavy atom. The summed E-state index contributed by atoms with van der Waals surface area (Å²) in [6.45, 7) is 0. The van der Waals surface area contributed by atoms with Crippen LogP contribution in [-0.4, -0.2) is 8.42 Å². The van der Waals surface area contributed by atoms with E-state index in [-0.39, 0.29) is 0 Å². The Labute approximate surface area is 101 Å². The summed E-state index contributed by atoms with van der Waals surface area (Å²) in [6.07, 6.45) is 1.60. The molecule has 3 heteroatoms. The second-order valence-corrected chi connectivity index (χ2v) is 5.41. The lowest BCUT2D eigenvalue weighted by Gasteiger charge is -1.97. The zero-order valence-corrected chi connectivity index (χ0v) is 9.97. The fourth-order valence-corrected chi connectivity index (χ4v) is 2.45. The van der Waals surface area contributed by atoms with Crippen molar-refractivity contribution in [3.8, 4) is 0 Å². The smallest absolute Gasteiger partial charge is 0.199 e. The highest BCUT2D eigenvalue weighted by Crippen LogP contribution is 2.13. The Morgan fingerprint density at radius 2 is 1.29 bits per heavy atom. The molecule has 2 aromatic carbocycles. The molecule has 0 fully saturated rings. The summed E-state index contributed by atoms with van der Waals surface area (Å²) in [5.41, 5.74) is 0.868. The van der Waals surface area contributed by atoms with Crippen LogP contribution in [-0.2, 0) is 9.84 Å². The average Bonchev–Trinajstić information content (AvgIpc) is 2.39. The Hall–Kier alpha value is -1.87. The molecule has 0 unspecified atom stereocenters. The van der Waals surface area contributed by atoms with Gasteiger partial charge in [0, 0.05) is 5.41 Å². The normalized spacial score (nSPS) is 11.8. The third kappa shape index (κ3) is 3.04. The number of rotatable bonds is 3. The minimum Gasteiger partial charge on any atom is -0.219 e. The molecule has 17 heavy (non-hydrogen) atoms. The standard InChI is InChI=1S/C14H12O2S/c15-17(16,14-9-5-2-6-10-14)12-11-13-7-3-1-4-8-13/h1-12H. The van der Waals surface area contributed by atoms with Gasteiger partial charge in [0.05, 0.1) is 4.90 Å². The molecule has 0 heterocycles. The molecule has 0 saturated heterocycles. The first-order valence-electron chi connectivity index (χ1n) is 5.22. The molecule has 0 saturated carbocycles. The van der Waals surface area contributed by atoms with Crippen molar-refractivity contribution >= 4 is 15.9 Å². The van der Waals surface area contributed by atoms with Gasteiger partial charge in [-0.25, -0.2) is 8.42 Å². The van der Waals surface area contributed by atoms with Crippen molar-refractivity contribution in [3.05, 3.63) is 71.6 Å². The van der Waals surface area contributed by atoms with E-state index in [9.17, 15) is 8.42 Å². The maximum atomic E-state index is 11.9. The Bertz CT molecular complexity index is 599. The van der Waals surface area contributed by atoms with Crippen LogP contribution in [0.2, 0.25) is 0 Å². The zero-order valence-electron chi connectivity index (χ0n) is 9.15. The molecule has 0 spiro atoms. The van der Waals surface area contributed by atoms with Crippen LogP contribution in [0.3, 0.4) is 0 Å². The summed E-state index contributed by atoms with van der Waals surface area (Å²) < 4.78 is 23.8. The highest BCUT2D eigenvalue weighted by atomic mass is 32.2. The molecular weight excluding hydrogens is 232 g/mol. The topological polar surface area (TPSA) is 34.1 Å². The van der Waals surface area contributed by atoms with Gasteiger partial charge in [-0.1, -0.05) is 48.5 Å². The highest BCUT2D eigenvalue weighted by Gasteiger charge is 2.08. The molecule has 0 aromatic heterocycles. The quantitative estimate of drug-likeness (QED) is 0.831. The van der Waals surface area contributed by atoms with Crippen LogP contribution in [0, 0.1) is 0 Å². The van der Waals surface area contributed by atoms with Crippen LogP contribution in [0.15, 0.2) is 71.0 Å². The van der Waals surface area contributed by atoms with Gasteiger partial charge < -0.3 is 0 Å². The first-order valence-corrected chi connectivity index (χ1v) is 6.76. The Morgan fingerprint density at radius 3 is 1.88 bits per heavy atom. The molecule has 2 rings (SSSR count). The van der Waals surface area contributed by atoms with E-state index in [1.54, 1.807) is 36.4 Å². The average molecular weight is 244 g/mol. The molecule has 0 radical (unpaired) electrons. The van der Waals surface area contributed by atoms with Crippen LogP contribution in [0.1, 0.15) is 5.56 Å². The summed E-state index contributed by atoms with van der Waals surface area (Å²) in [4.78, 5) is 0.312. The second-order valence-electron chi connectivity index (χ2n) is 3.57. The molecule has 86 valence electrons. The van der Waals surface area contributed by atoms with Crippen molar-refractivity contribution in [2.75, 3.05) is 0 Å². The van der Waals surface area contributed by atoms with Crippen LogP contribution in [0.5, 0.6) is 0 Å². The molecule has 0 aliphatic rings. The lowest BCUT2D eigenvalue weighted by atomic mass is 10.2. The van der Waals surface area contributed by atoms with Crippen molar-refractivity contribution < 1.29 is 8.42 Å². The van der Waals surface area contributed by atoms with Gasteiger partial charge in [0.2, 0.25) is 0 Å². The van der Waals surface area contributed by atoms with Crippen molar-refractivity contribution in [2.45, 2.75) is 4.90 Å². The molecule has 0 amide bonds. The van der Waals surface area contributed by atoms with E-state index in [4.69, 9.17) is 0 Å². The van der Waals surface area contributed by atoms with Gasteiger partial charge in [-0.15, -0.1) is 0 Å². The van der Waals surface area contributed by atoms with Crippen molar-refractivity contribution in [1.29, 1.82) is 0 Å². The molecule has 2 nitrogen and oxygen atoms in total. The number of hydrogen-bond donors (Lipinski definition) is 0. The summed E-state index contributed by atoms with van der Waals surface area (Å²) in [5, 5.41) is 1.23. The molecule has 0 aliphatic heterocycles. The molecule has 0 N–H and O–H groups in total. The fraction of sp³-hybridized carbons (Fsp3) is 0. The van der Waals surface area contributed by atoms with E-state index in [0.29, 0.717) is 4.90 Å². The summed E-state index contributed by atoms with van der Waals surface area (Å²) in [7, 11) is -3.34. The third-order valence-corrected chi connectivity index (χ3v) is 3.73. The lowest BCUT2D eigenvalue weighted by molar-refractivity contribution is 0.605. The van der Waals surface area contributed by atoms with Gasteiger partial charge >= 0.3 is 0 Å². The van der Waals surface area contributed by atoms with Gasteiger partial charge in [-0.3, -0.25) is 0 Å². The van der Waals surface area contributed by atoms with Gasteiger partial charge in [0.15, 0.2) is 9.84 Å². The minimum absolute atomic E-state index is 0.312. The first-order chi connectivity index (χ1) is 8.18. The maximum absolute atomic E-state index is 11.9. The van der Waals surface area contributed by atoms with Crippen LogP contribution < -0.4 is 0 Å². The van der Waals surface area contributed by atoms with Crippen molar-refractivity contribution in [2.24, 2.45) is 0 Å². The van der Waals surface area contributed by atoms with E-state index in [2.05, 4.69) is 0 Å². The van der Waals surface area contributed by atoms with E-state index in [0.717, 1.165) is 5.56 Å². The molecule has 0 atom stereocenters. The molecule has 2 aromatic rings. The van der Waals surface area contributed by atoms with Crippen LogP contribution in [0.25, 0.3) is 6.08 Å². The minimum atomic E-state index is -3.34. The Balaban J connectivity index is 2.28. The molecule has 0 aliphatic carbocycles. The lowest BCUT2D eigenvalue weighted by Crippen LogP contribution is -1.95. The predicted octanol–water partition coefficient (Wildman–Crippen LogP) is 3.13. The number of benzene rings is 2. The van der Waals surface area contributed by atoms with Crippen molar-refractivity contribution in [1.82, 2.24) is 0 Å².